The van der Waals surface area contributed by atoms with Gasteiger partial charge in [0.2, 0.25) is 6.79 Å². The average molecular weight is 577 g/mol. The highest BCUT2D eigenvalue weighted by Crippen LogP contribution is 2.42. The number of amides is 1. The lowest BCUT2D eigenvalue weighted by Gasteiger charge is -2.26. The summed E-state index contributed by atoms with van der Waals surface area (Å²) in [4.78, 5) is 30.6. The molecule has 1 amide bonds. The standard InChI is InChI=1S/C35H32N2O6/c1-22-17-26(12-16-28(22)41-20-23-7-5-4-6-8-23)33(38)31-32(25-10-13-27(14-11-25)36(2)3)37(35(40)34(31)39)19-24-9-15-29-30(18-24)43-21-42-29/h4-18,32,38H,19-21H2,1-3H3/b33-31+. The number of aliphatic hydroxyl groups is 1. The van der Waals surface area contributed by atoms with E-state index < -0.39 is 17.7 Å². The summed E-state index contributed by atoms with van der Waals surface area (Å²) in [5.41, 5.74) is 4.76. The Kier molecular flexibility index (Phi) is 7.50. The predicted molar refractivity (Wildman–Crippen MR) is 163 cm³/mol. The fraction of sp³-hybridized carbons (Fsp3) is 0.200. The van der Waals surface area contributed by atoms with Gasteiger partial charge in [-0.1, -0.05) is 48.5 Å². The first-order valence-electron chi connectivity index (χ1n) is 14.0. The Labute approximate surface area is 250 Å². The maximum atomic E-state index is 13.6. The van der Waals surface area contributed by atoms with E-state index in [0.29, 0.717) is 35.0 Å². The zero-order valence-electron chi connectivity index (χ0n) is 24.2. The molecule has 0 bridgehead atoms. The van der Waals surface area contributed by atoms with Crippen molar-refractivity contribution in [3.05, 3.63) is 124 Å². The lowest BCUT2D eigenvalue weighted by Crippen LogP contribution is -2.29. The van der Waals surface area contributed by atoms with Crippen LogP contribution in [0.25, 0.3) is 5.76 Å². The summed E-state index contributed by atoms with van der Waals surface area (Å²) >= 11 is 0. The molecule has 1 fully saturated rings. The van der Waals surface area contributed by atoms with Crippen LogP contribution in [-0.4, -0.2) is 42.6 Å². The summed E-state index contributed by atoms with van der Waals surface area (Å²) in [7, 11) is 3.88. The van der Waals surface area contributed by atoms with Crippen molar-refractivity contribution in [3.63, 3.8) is 0 Å². The van der Waals surface area contributed by atoms with Gasteiger partial charge in [0.1, 0.15) is 18.1 Å². The van der Waals surface area contributed by atoms with Crippen molar-refractivity contribution in [1.82, 2.24) is 4.90 Å². The largest absolute Gasteiger partial charge is 0.507 e. The zero-order valence-corrected chi connectivity index (χ0v) is 24.2. The minimum atomic E-state index is -0.795. The van der Waals surface area contributed by atoms with Crippen LogP contribution in [0.4, 0.5) is 5.69 Å². The van der Waals surface area contributed by atoms with E-state index >= 15 is 0 Å². The molecule has 8 heteroatoms. The molecule has 1 saturated heterocycles. The minimum absolute atomic E-state index is 0.0423. The molecule has 6 rings (SSSR count). The first kappa shape index (κ1) is 27.9. The van der Waals surface area contributed by atoms with E-state index in [-0.39, 0.29) is 24.7 Å². The molecule has 0 aromatic heterocycles. The fourth-order valence-corrected chi connectivity index (χ4v) is 5.43. The maximum absolute atomic E-state index is 13.6. The van der Waals surface area contributed by atoms with Crippen molar-refractivity contribution in [3.8, 4) is 17.2 Å². The number of carbonyl (C=O) groups excluding carboxylic acids is 2. The van der Waals surface area contributed by atoms with Crippen LogP contribution < -0.4 is 19.1 Å². The number of carbonyl (C=O) groups is 2. The van der Waals surface area contributed by atoms with Gasteiger partial charge >= 0.3 is 0 Å². The van der Waals surface area contributed by atoms with Gasteiger partial charge in [-0.3, -0.25) is 9.59 Å². The Balaban J connectivity index is 1.36. The summed E-state index contributed by atoms with van der Waals surface area (Å²) in [6.07, 6.45) is 0. The number of rotatable bonds is 8. The zero-order chi connectivity index (χ0) is 30.1. The van der Waals surface area contributed by atoms with Crippen molar-refractivity contribution in [2.45, 2.75) is 26.1 Å². The molecule has 1 atom stereocenters. The Morgan fingerprint density at radius 2 is 1.65 bits per heavy atom. The smallest absolute Gasteiger partial charge is 0.295 e. The maximum Gasteiger partial charge on any atom is 0.295 e. The number of ether oxygens (including phenoxy) is 3. The molecule has 4 aromatic carbocycles. The normalized spacial score (nSPS) is 16.9. The second kappa shape index (κ2) is 11.6. The van der Waals surface area contributed by atoms with Gasteiger partial charge in [0.25, 0.3) is 11.7 Å². The molecule has 8 nitrogen and oxygen atoms in total. The van der Waals surface area contributed by atoms with Crippen LogP contribution in [0.5, 0.6) is 17.2 Å². The van der Waals surface area contributed by atoms with Crippen LogP contribution in [0.3, 0.4) is 0 Å². The van der Waals surface area contributed by atoms with E-state index in [4.69, 9.17) is 14.2 Å². The number of ketones is 1. The van der Waals surface area contributed by atoms with E-state index in [1.54, 1.807) is 24.3 Å². The summed E-state index contributed by atoms with van der Waals surface area (Å²) in [6.45, 7) is 2.56. The number of Topliss-reactive ketones (excluding diaryl/α,β-unsaturated/α-hetero) is 1. The highest BCUT2D eigenvalue weighted by atomic mass is 16.7. The number of likely N-dealkylation sites (tertiary alicyclic amines) is 1. The van der Waals surface area contributed by atoms with Crippen molar-refractivity contribution < 1.29 is 28.9 Å². The summed E-state index contributed by atoms with van der Waals surface area (Å²) < 4.78 is 17.0. The number of hydrogen-bond acceptors (Lipinski definition) is 7. The molecule has 0 saturated carbocycles. The minimum Gasteiger partial charge on any atom is -0.507 e. The molecule has 0 aliphatic carbocycles. The van der Waals surface area contributed by atoms with E-state index in [0.717, 1.165) is 22.4 Å². The number of hydrogen-bond donors (Lipinski definition) is 1. The predicted octanol–water partition coefficient (Wildman–Crippen LogP) is 5.99. The molecule has 0 radical (unpaired) electrons. The van der Waals surface area contributed by atoms with Gasteiger partial charge in [0.05, 0.1) is 11.6 Å². The van der Waals surface area contributed by atoms with Gasteiger partial charge in [-0.2, -0.15) is 0 Å². The number of aryl methyl sites for hydroxylation is 1. The molecule has 1 unspecified atom stereocenters. The topological polar surface area (TPSA) is 88.5 Å². The number of benzene rings is 4. The Morgan fingerprint density at radius 3 is 2.37 bits per heavy atom. The van der Waals surface area contributed by atoms with Crippen LogP contribution in [0.2, 0.25) is 0 Å². The number of nitrogens with zero attached hydrogens (tertiary/aromatic N) is 2. The molecule has 43 heavy (non-hydrogen) atoms. The molecule has 0 spiro atoms. The molecule has 1 N–H and O–H groups in total. The summed E-state index contributed by atoms with van der Waals surface area (Å²) in [5.74, 6) is 0.243. The van der Waals surface area contributed by atoms with Gasteiger partial charge in [0.15, 0.2) is 11.5 Å². The Morgan fingerprint density at radius 1 is 0.907 bits per heavy atom. The molecule has 2 aliphatic heterocycles. The third-order valence-corrected chi connectivity index (χ3v) is 7.74. The van der Waals surface area contributed by atoms with E-state index in [2.05, 4.69) is 0 Å². The monoisotopic (exact) mass is 576 g/mol. The molecule has 218 valence electrons. The lowest BCUT2D eigenvalue weighted by molar-refractivity contribution is -0.140. The summed E-state index contributed by atoms with van der Waals surface area (Å²) in [6, 6.07) is 27.4. The quantitative estimate of drug-likeness (QED) is 0.157. The molecule has 2 aliphatic rings. The third kappa shape index (κ3) is 5.51. The highest BCUT2D eigenvalue weighted by Gasteiger charge is 2.46. The number of fused-ring (bicyclic) bond motifs is 1. The van der Waals surface area contributed by atoms with Crippen molar-refractivity contribution in [2.24, 2.45) is 0 Å². The first-order valence-corrected chi connectivity index (χ1v) is 14.0. The van der Waals surface area contributed by atoms with Crippen LogP contribution in [-0.2, 0) is 22.7 Å². The van der Waals surface area contributed by atoms with E-state index in [1.165, 1.54) is 4.90 Å². The van der Waals surface area contributed by atoms with Crippen LogP contribution in [0, 0.1) is 6.92 Å². The van der Waals surface area contributed by atoms with Gasteiger partial charge in [-0.25, -0.2) is 0 Å². The SMILES string of the molecule is Cc1cc(/C(O)=C2\C(=O)C(=O)N(Cc3ccc4c(c3)OCO4)C2c2ccc(N(C)C)cc2)ccc1OCc1ccccc1. The lowest BCUT2D eigenvalue weighted by atomic mass is 9.94. The van der Waals surface area contributed by atoms with E-state index in [1.807, 2.05) is 92.6 Å². The van der Waals surface area contributed by atoms with Gasteiger partial charge < -0.3 is 29.1 Å². The fourth-order valence-electron chi connectivity index (χ4n) is 5.43. The van der Waals surface area contributed by atoms with Crippen LogP contribution >= 0.6 is 0 Å². The first-order chi connectivity index (χ1) is 20.8. The van der Waals surface area contributed by atoms with Gasteiger partial charge in [0, 0.05) is 31.9 Å². The number of aliphatic hydroxyl groups excluding tert-OH is 1. The van der Waals surface area contributed by atoms with E-state index in [9.17, 15) is 14.7 Å². The van der Waals surface area contributed by atoms with Crippen molar-refractivity contribution in [1.29, 1.82) is 0 Å². The van der Waals surface area contributed by atoms with Crippen molar-refractivity contribution >= 4 is 23.1 Å². The van der Waals surface area contributed by atoms with Crippen LogP contribution in [0.1, 0.15) is 33.9 Å². The molecular weight excluding hydrogens is 544 g/mol. The third-order valence-electron chi connectivity index (χ3n) is 7.74. The molecule has 4 aromatic rings. The summed E-state index contributed by atoms with van der Waals surface area (Å²) in [5, 5.41) is 11.6. The Bertz CT molecular complexity index is 1710. The second-order valence-corrected chi connectivity index (χ2v) is 10.9. The number of anilines is 1. The molecular formula is C35H32N2O6. The van der Waals surface area contributed by atoms with Gasteiger partial charge in [-0.05, 0) is 71.6 Å². The highest BCUT2D eigenvalue weighted by molar-refractivity contribution is 6.46. The average Bonchev–Trinajstić information content (AvgIpc) is 3.58. The van der Waals surface area contributed by atoms with Crippen molar-refractivity contribution in [2.75, 3.05) is 25.8 Å². The molecule has 2 heterocycles. The Hall–Kier alpha value is -5.24. The van der Waals surface area contributed by atoms with Gasteiger partial charge in [-0.15, -0.1) is 0 Å². The van der Waals surface area contributed by atoms with Crippen LogP contribution in [0.15, 0.2) is 96.6 Å². The second-order valence-electron chi connectivity index (χ2n) is 10.9.